The lowest BCUT2D eigenvalue weighted by Gasteiger charge is -2.15. The molecule has 5 rings (SSSR count). The lowest BCUT2D eigenvalue weighted by molar-refractivity contribution is -0.137. The molecule has 8 nitrogen and oxygen atoms in total. The Labute approximate surface area is 179 Å². The van der Waals surface area contributed by atoms with Crippen molar-refractivity contribution in [2.24, 2.45) is 0 Å². The van der Waals surface area contributed by atoms with E-state index in [-0.39, 0.29) is 30.6 Å². The Hall–Kier alpha value is -4.15. The van der Waals surface area contributed by atoms with Gasteiger partial charge in [-0.25, -0.2) is 4.98 Å². The minimum Gasteiger partial charge on any atom is -0.340 e. The average Bonchev–Trinajstić information content (AvgIpc) is 3.27. The van der Waals surface area contributed by atoms with Crippen molar-refractivity contribution in [2.75, 3.05) is 21.3 Å². The second kappa shape index (κ2) is 7.22. The molecule has 0 radical (unpaired) electrons. The monoisotopic (exact) mass is 440 g/mol. The van der Waals surface area contributed by atoms with E-state index in [0.29, 0.717) is 34.5 Å². The summed E-state index contributed by atoms with van der Waals surface area (Å²) in [7, 11) is 0. The van der Waals surface area contributed by atoms with E-state index in [0.717, 1.165) is 5.56 Å². The first-order valence-electron chi connectivity index (χ1n) is 9.58. The minimum atomic E-state index is -4.67. The quantitative estimate of drug-likeness (QED) is 0.489. The smallest absolute Gasteiger partial charge is 0.340 e. The van der Waals surface area contributed by atoms with Crippen LogP contribution in [0.2, 0.25) is 0 Å². The van der Waals surface area contributed by atoms with E-state index >= 15 is 0 Å². The van der Waals surface area contributed by atoms with Gasteiger partial charge in [-0.3, -0.25) is 9.59 Å². The van der Waals surface area contributed by atoms with Gasteiger partial charge < -0.3 is 21.3 Å². The van der Waals surface area contributed by atoms with Crippen molar-refractivity contribution >= 4 is 46.3 Å². The average molecular weight is 440 g/mol. The van der Waals surface area contributed by atoms with Gasteiger partial charge in [-0.15, -0.1) is 0 Å². The van der Waals surface area contributed by atoms with E-state index in [4.69, 9.17) is 0 Å². The van der Waals surface area contributed by atoms with Gasteiger partial charge in [0, 0.05) is 28.9 Å². The maximum Gasteiger partial charge on any atom is 0.421 e. The molecule has 11 heteroatoms. The molecule has 0 aliphatic carbocycles. The topological polar surface area (TPSA) is 108 Å². The number of nitrogens with one attached hydrogen (secondary N) is 4. The zero-order valence-corrected chi connectivity index (χ0v) is 16.3. The van der Waals surface area contributed by atoms with Gasteiger partial charge >= 0.3 is 6.18 Å². The summed E-state index contributed by atoms with van der Waals surface area (Å²) < 4.78 is 40.6. The summed E-state index contributed by atoms with van der Waals surface area (Å²) in [5, 5.41) is 11.0. The minimum absolute atomic E-state index is 0.0456. The Morgan fingerprint density at radius 2 is 1.41 bits per heavy atom. The van der Waals surface area contributed by atoms with Crippen LogP contribution < -0.4 is 21.3 Å². The molecule has 2 amide bonds. The molecular formula is C21H15F3N6O2. The lowest BCUT2D eigenvalue weighted by atomic mass is 10.1. The fraction of sp³-hybridized carbons (Fsp3) is 0.143. The molecule has 0 fully saturated rings. The fourth-order valence-corrected chi connectivity index (χ4v) is 3.62. The van der Waals surface area contributed by atoms with Crippen LogP contribution in [0.1, 0.15) is 16.7 Å². The summed E-state index contributed by atoms with van der Waals surface area (Å²) >= 11 is 0. The normalized spacial score (nSPS) is 14.5. The first kappa shape index (κ1) is 19.8. The van der Waals surface area contributed by atoms with Crippen LogP contribution >= 0.6 is 0 Å². The number of aromatic nitrogens is 2. The van der Waals surface area contributed by atoms with Gasteiger partial charge in [0.25, 0.3) is 0 Å². The molecule has 2 aromatic carbocycles. The van der Waals surface area contributed by atoms with Crippen molar-refractivity contribution in [1.29, 1.82) is 0 Å². The SMILES string of the molecule is O=C1Cc2cc(Nc3ncc(C(F)(F)F)c(Nc4ccc5c(c4)CC(=O)N5)n3)ccc2N1. The van der Waals surface area contributed by atoms with Crippen LogP contribution in [0.5, 0.6) is 0 Å². The molecule has 3 aromatic rings. The van der Waals surface area contributed by atoms with Gasteiger partial charge in [-0.05, 0) is 47.5 Å². The third-order valence-corrected chi connectivity index (χ3v) is 5.07. The third-order valence-electron chi connectivity index (χ3n) is 5.07. The Bertz CT molecular complexity index is 1270. The molecule has 32 heavy (non-hydrogen) atoms. The maximum absolute atomic E-state index is 13.5. The van der Waals surface area contributed by atoms with Crippen LogP contribution in [0.25, 0.3) is 0 Å². The van der Waals surface area contributed by atoms with Crippen LogP contribution in [-0.4, -0.2) is 21.8 Å². The highest BCUT2D eigenvalue weighted by Gasteiger charge is 2.35. The van der Waals surface area contributed by atoms with Gasteiger partial charge in [0.15, 0.2) is 0 Å². The summed E-state index contributed by atoms with van der Waals surface area (Å²) in [5.74, 6) is -0.769. The van der Waals surface area contributed by atoms with E-state index in [1.165, 1.54) is 0 Å². The van der Waals surface area contributed by atoms with E-state index in [1.807, 2.05) is 0 Å². The van der Waals surface area contributed by atoms with Gasteiger partial charge in [0.1, 0.15) is 11.4 Å². The second-order valence-electron chi connectivity index (χ2n) is 7.40. The van der Waals surface area contributed by atoms with E-state index in [2.05, 4.69) is 31.2 Å². The Kier molecular flexibility index (Phi) is 4.47. The molecule has 0 unspecified atom stereocenters. The number of amides is 2. The van der Waals surface area contributed by atoms with Gasteiger partial charge in [-0.2, -0.15) is 18.2 Å². The van der Waals surface area contributed by atoms with Gasteiger partial charge in [0.2, 0.25) is 17.8 Å². The Balaban J connectivity index is 1.44. The van der Waals surface area contributed by atoms with Crippen LogP contribution in [0.4, 0.5) is 47.7 Å². The van der Waals surface area contributed by atoms with E-state index < -0.39 is 17.6 Å². The molecule has 4 N–H and O–H groups in total. The summed E-state index contributed by atoms with van der Waals surface area (Å²) in [6, 6.07) is 9.87. The molecule has 0 saturated heterocycles. The predicted octanol–water partition coefficient (Wildman–Crippen LogP) is 3.97. The van der Waals surface area contributed by atoms with Crippen LogP contribution in [0.3, 0.4) is 0 Å². The number of halogens is 3. The van der Waals surface area contributed by atoms with E-state index in [1.54, 1.807) is 36.4 Å². The zero-order chi connectivity index (χ0) is 22.5. The van der Waals surface area contributed by atoms with E-state index in [9.17, 15) is 22.8 Å². The molecule has 2 aliphatic rings. The maximum atomic E-state index is 13.5. The number of rotatable bonds is 4. The number of hydrogen-bond acceptors (Lipinski definition) is 6. The molecule has 3 heterocycles. The predicted molar refractivity (Wildman–Crippen MR) is 111 cm³/mol. The largest absolute Gasteiger partial charge is 0.421 e. The van der Waals surface area contributed by atoms with Crippen molar-refractivity contribution in [3.05, 3.63) is 59.3 Å². The van der Waals surface area contributed by atoms with Crippen LogP contribution in [0, 0.1) is 0 Å². The molecule has 0 bridgehead atoms. The molecule has 2 aliphatic heterocycles. The molecule has 162 valence electrons. The number of hydrogen-bond donors (Lipinski definition) is 4. The second-order valence-corrected chi connectivity index (χ2v) is 7.40. The number of benzene rings is 2. The number of alkyl halides is 3. The summed E-state index contributed by atoms with van der Waals surface area (Å²) in [5.41, 5.74) is 2.65. The zero-order valence-electron chi connectivity index (χ0n) is 16.3. The molecule has 1 aromatic heterocycles. The first-order chi connectivity index (χ1) is 15.2. The highest BCUT2D eigenvalue weighted by Crippen LogP contribution is 2.36. The Morgan fingerprint density at radius 1 is 0.844 bits per heavy atom. The number of carbonyl (C=O) groups excluding carboxylic acids is 2. The standard InChI is InChI=1S/C21H15F3N6O2/c22-21(23,24)14-9-25-20(27-13-2-4-16-11(6-13)8-18(32)29-16)30-19(14)26-12-1-3-15-10(5-12)7-17(31)28-15/h1-6,9H,7-8H2,(H,28,31)(H,29,32)(H2,25,26,27,30). The van der Waals surface area contributed by atoms with Crippen molar-refractivity contribution in [1.82, 2.24) is 9.97 Å². The first-order valence-corrected chi connectivity index (χ1v) is 9.58. The van der Waals surface area contributed by atoms with Crippen molar-refractivity contribution in [2.45, 2.75) is 19.0 Å². The van der Waals surface area contributed by atoms with Crippen molar-refractivity contribution in [3.8, 4) is 0 Å². The number of fused-ring (bicyclic) bond motifs is 2. The summed E-state index contributed by atoms with van der Waals surface area (Å²) in [4.78, 5) is 30.9. The summed E-state index contributed by atoms with van der Waals surface area (Å²) in [6.07, 6.45) is -3.59. The lowest BCUT2D eigenvalue weighted by Crippen LogP contribution is -2.12. The fourth-order valence-electron chi connectivity index (χ4n) is 3.62. The third kappa shape index (κ3) is 3.80. The van der Waals surface area contributed by atoms with Crippen LogP contribution in [0.15, 0.2) is 42.6 Å². The number of nitrogens with zero attached hydrogens (tertiary/aromatic N) is 2. The number of anilines is 6. The van der Waals surface area contributed by atoms with Gasteiger partial charge in [0.05, 0.1) is 12.8 Å². The molecule has 0 saturated carbocycles. The molecule has 0 spiro atoms. The van der Waals surface area contributed by atoms with Crippen molar-refractivity contribution < 1.29 is 22.8 Å². The van der Waals surface area contributed by atoms with Gasteiger partial charge in [-0.1, -0.05) is 0 Å². The highest BCUT2D eigenvalue weighted by molar-refractivity contribution is 6.00. The molecule has 0 atom stereocenters. The number of carbonyl (C=O) groups is 2. The molecular weight excluding hydrogens is 425 g/mol. The van der Waals surface area contributed by atoms with Crippen molar-refractivity contribution in [3.63, 3.8) is 0 Å². The highest BCUT2D eigenvalue weighted by atomic mass is 19.4. The summed E-state index contributed by atoms with van der Waals surface area (Å²) in [6.45, 7) is 0. The Morgan fingerprint density at radius 3 is 1.97 bits per heavy atom. The van der Waals surface area contributed by atoms with Crippen LogP contribution in [-0.2, 0) is 28.6 Å².